The van der Waals surface area contributed by atoms with Crippen molar-refractivity contribution in [1.29, 1.82) is 0 Å². The third kappa shape index (κ3) is 3.84. The number of para-hydroxylation sites is 2. The van der Waals surface area contributed by atoms with Gasteiger partial charge in [0.15, 0.2) is 22.3 Å². The fraction of sp³-hybridized carbons (Fsp3) is 0.211. The van der Waals surface area contributed by atoms with E-state index >= 15 is 0 Å². The minimum Gasteiger partial charge on any atom is -0.497 e. The SMILES string of the molecule is COc1ccc(OCc2nnc3sc(COc4ccccc4OC)nn23)cc1. The Morgan fingerprint density at radius 3 is 2.32 bits per heavy atom. The molecule has 0 saturated carbocycles. The Balaban J connectivity index is 1.42. The lowest BCUT2D eigenvalue weighted by Gasteiger charge is -2.08. The van der Waals surface area contributed by atoms with E-state index < -0.39 is 0 Å². The number of rotatable bonds is 8. The number of hydrogen-bond acceptors (Lipinski definition) is 8. The van der Waals surface area contributed by atoms with E-state index in [0.717, 1.165) is 10.8 Å². The minimum absolute atomic E-state index is 0.254. The van der Waals surface area contributed by atoms with Crippen LogP contribution in [0.5, 0.6) is 23.0 Å². The van der Waals surface area contributed by atoms with Gasteiger partial charge in [-0.2, -0.15) is 9.61 Å². The summed E-state index contributed by atoms with van der Waals surface area (Å²) >= 11 is 1.42. The molecule has 0 bridgehead atoms. The van der Waals surface area contributed by atoms with Crippen LogP contribution in [0.3, 0.4) is 0 Å². The molecule has 0 aliphatic carbocycles. The molecule has 0 unspecified atom stereocenters. The first-order valence-corrected chi connectivity index (χ1v) is 9.31. The second-order valence-electron chi connectivity index (χ2n) is 5.71. The zero-order chi connectivity index (χ0) is 19.3. The van der Waals surface area contributed by atoms with Crippen molar-refractivity contribution in [3.8, 4) is 23.0 Å². The summed E-state index contributed by atoms with van der Waals surface area (Å²) in [5.74, 6) is 3.45. The molecule has 0 N–H and O–H groups in total. The van der Waals surface area contributed by atoms with E-state index in [0.29, 0.717) is 34.6 Å². The van der Waals surface area contributed by atoms with Crippen LogP contribution in [-0.2, 0) is 13.2 Å². The number of hydrogen-bond donors (Lipinski definition) is 0. The van der Waals surface area contributed by atoms with E-state index in [1.54, 1.807) is 18.7 Å². The molecular formula is C19H18N4O4S. The number of ether oxygens (including phenoxy) is 4. The molecule has 2 aromatic carbocycles. The number of fused-ring (bicyclic) bond motifs is 1. The summed E-state index contributed by atoms with van der Waals surface area (Å²) in [6.45, 7) is 0.567. The zero-order valence-electron chi connectivity index (χ0n) is 15.4. The molecule has 0 radical (unpaired) electrons. The van der Waals surface area contributed by atoms with E-state index in [1.165, 1.54) is 11.3 Å². The quantitative estimate of drug-likeness (QED) is 0.450. The predicted molar refractivity (Wildman–Crippen MR) is 103 cm³/mol. The monoisotopic (exact) mass is 398 g/mol. The highest BCUT2D eigenvalue weighted by atomic mass is 32.1. The van der Waals surface area contributed by atoms with Crippen LogP contribution in [0.25, 0.3) is 4.96 Å². The predicted octanol–water partition coefficient (Wildman–Crippen LogP) is 3.36. The Hall–Kier alpha value is -3.33. The fourth-order valence-corrected chi connectivity index (χ4v) is 3.31. The third-order valence-corrected chi connectivity index (χ3v) is 4.82. The van der Waals surface area contributed by atoms with Gasteiger partial charge in [0.25, 0.3) is 0 Å². The summed E-state index contributed by atoms with van der Waals surface area (Å²) in [6.07, 6.45) is 0. The summed E-state index contributed by atoms with van der Waals surface area (Å²) in [7, 11) is 3.24. The van der Waals surface area contributed by atoms with Crippen LogP contribution < -0.4 is 18.9 Å². The van der Waals surface area contributed by atoms with Crippen LogP contribution in [-0.4, -0.2) is 34.0 Å². The van der Waals surface area contributed by atoms with Crippen molar-refractivity contribution >= 4 is 16.3 Å². The van der Waals surface area contributed by atoms with Gasteiger partial charge in [-0.3, -0.25) is 0 Å². The molecular weight excluding hydrogens is 380 g/mol. The molecule has 28 heavy (non-hydrogen) atoms. The van der Waals surface area contributed by atoms with E-state index in [9.17, 15) is 0 Å². The molecule has 0 fully saturated rings. The average Bonchev–Trinajstić information content (AvgIpc) is 3.32. The van der Waals surface area contributed by atoms with Crippen molar-refractivity contribution in [1.82, 2.24) is 19.8 Å². The van der Waals surface area contributed by atoms with Crippen molar-refractivity contribution < 1.29 is 18.9 Å². The largest absolute Gasteiger partial charge is 0.497 e. The topological polar surface area (TPSA) is 80.0 Å². The number of benzene rings is 2. The lowest BCUT2D eigenvalue weighted by atomic mass is 10.3. The number of aromatic nitrogens is 4. The Morgan fingerprint density at radius 1 is 0.821 bits per heavy atom. The first-order valence-electron chi connectivity index (χ1n) is 8.49. The average molecular weight is 398 g/mol. The van der Waals surface area contributed by atoms with Gasteiger partial charge in [-0.25, -0.2) is 0 Å². The van der Waals surface area contributed by atoms with Crippen LogP contribution in [0.2, 0.25) is 0 Å². The summed E-state index contributed by atoms with van der Waals surface area (Å²) in [4.78, 5) is 0.687. The van der Waals surface area contributed by atoms with Gasteiger partial charge in [-0.1, -0.05) is 23.5 Å². The fourth-order valence-electron chi connectivity index (χ4n) is 2.54. The molecule has 9 heteroatoms. The van der Waals surface area contributed by atoms with Crippen LogP contribution in [0.4, 0.5) is 0 Å². The van der Waals surface area contributed by atoms with Crippen molar-refractivity contribution in [3.63, 3.8) is 0 Å². The maximum absolute atomic E-state index is 5.82. The van der Waals surface area contributed by atoms with Crippen LogP contribution in [0, 0.1) is 0 Å². The Kier molecular flexibility index (Phi) is 5.24. The first kappa shape index (κ1) is 18.1. The maximum atomic E-state index is 5.82. The molecule has 0 spiro atoms. The van der Waals surface area contributed by atoms with Crippen molar-refractivity contribution in [2.45, 2.75) is 13.2 Å². The molecule has 0 aliphatic rings. The molecule has 0 atom stereocenters. The van der Waals surface area contributed by atoms with Gasteiger partial charge in [-0.15, -0.1) is 10.2 Å². The lowest BCUT2D eigenvalue weighted by Crippen LogP contribution is -2.03. The van der Waals surface area contributed by atoms with Gasteiger partial charge in [0.1, 0.15) is 24.7 Å². The van der Waals surface area contributed by atoms with Gasteiger partial charge < -0.3 is 18.9 Å². The summed E-state index contributed by atoms with van der Waals surface area (Å²) in [5.41, 5.74) is 0. The second-order valence-corrected chi connectivity index (χ2v) is 6.75. The molecule has 8 nitrogen and oxygen atoms in total. The van der Waals surface area contributed by atoms with Gasteiger partial charge in [-0.05, 0) is 36.4 Å². The summed E-state index contributed by atoms with van der Waals surface area (Å²) in [6, 6.07) is 14.8. The van der Waals surface area contributed by atoms with Gasteiger partial charge >= 0.3 is 0 Å². The second kappa shape index (κ2) is 8.13. The third-order valence-electron chi connectivity index (χ3n) is 3.94. The highest BCUT2D eigenvalue weighted by Crippen LogP contribution is 2.27. The van der Waals surface area contributed by atoms with E-state index in [2.05, 4.69) is 15.3 Å². The van der Waals surface area contributed by atoms with E-state index in [4.69, 9.17) is 18.9 Å². The lowest BCUT2D eigenvalue weighted by molar-refractivity contribution is 0.280. The van der Waals surface area contributed by atoms with Gasteiger partial charge in [0, 0.05) is 0 Å². The Labute approximate surface area is 165 Å². The summed E-state index contributed by atoms with van der Waals surface area (Å²) in [5, 5.41) is 13.6. The normalized spacial score (nSPS) is 10.8. The maximum Gasteiger partial charge on any atom is 0.234 e. The van der Waals surface area contributed by atoms with E-state index in [-0.39, 0.29) is 6.61 Å². The Morgan fingerprint density at radius 2 is 1.57 bits per heavy atom. The van der Waals surface area contributed by atoms with Crippen LogP contribution in [0.15, 0.2) is 48.5 Å². The smallest absolute Gasteiger partial charge is 0.234 e. The molecule has 0 aliphatic heterocycles. The van der Waals surface area contributed by atoms with Crippen LogP contribution >= 0.6 is 11.3 Å². The molecule has 0 amide bonds. The minimum atomic E-state index is 0.254. The van der Waals surface area contributed by atoms with Crippen LogP contribution in [0.1, 0.15) is 10.8 Å². The molecule has 0 saturated heterocycles. The van der Waals surface area contributed by atoms with E-state index in [1.807, 2.05) is 48.5 Å². The highest BCUT2D eigenvalue weighted by molar-refractivity contribution is 7.16. The molecule has 144 valence electrons. The van der Waals surface area contributed by atoms with Crippen molar-refractivity contribution in [2.24, 2.45) is 0 Å². The standard InChI is InChI=1S/C19H18N4O4S/c1-24-13-7-9-14(10-8-13)26-11-17-20-21-19-23(17)22-18(28-19)12-27-16-6-4-3-5-15(16)25-2/h3-10H,11-12H2,1-2H3. The summed E-state index contributed by atoms with van der Waals surface area (Å²) < 4.78 is 23.7. The van der Waals surface area contributed by atoms with Gasteiger partial charge in [0.05, 0.1) is 14.2 Å². The highest BCUT2D eigenvalue weighted by Gasteiger charge is 2.13. The number of methoxy groups -OCH3 is 2. The molecule has 2 heterocycles. The molecule has 4 aromatic rings. The number of nitrogens with zero attached hydrogens (tertiary/aromatic N) is 4. The Bertz CT molecular complexity index is 1060. The molecule has 4 rings (SSSR count). The van der Waals surface area contributed by atoms with Crippen molar-refractivity contribution in [2.75, 3.05) is 14.2 Å². The molecule has 2 aromatic heterocycles. The van der Waals surface area contributed by atoms with Crippen molar-refractivity contribution in [3.05, 3.63) is 59.4 Å². The van der Waals surface area contributed by atoms with Gasteiger partial charge in [0.2, 0.25) is 4.96 Å². The zero-order valence-corrected chi connectivity index (χ0v) is 16.2. The first-order chi connectivity index (χ1) is 13.8.